The molecule has 118 valence electrons. The molecule has 1 N–H and O–H groups in total. The summed E-state index contributed by atoms with van der Waals surface area (Å²) >= 11 is 0. The molecule has 0 aromatic rings. The van der Waals surface area contributed by atoms with Crippen molar-refractivity contribution in [2.24, 2.45) is 0 Å². The van der Waals surface area contributed by atoms with E-state index in [-0.39, 0.29) is 17.0 Å². The van der Waals surface area contributed by atoms with Crippen molar-refractivity contribution < 1.29 is 14.4 Å². The highest BCUT2D eigenvalue weighted by atomic mass is 16.7. The van der Waals surface area contributed by atoms with Crippen LogP contribution < -0.4 is 5.32 Å². The van der Waals surface area contributed by atoms with Crippen LogP contribution >= 0.6 is 0 Å². The molecule has 1 aliphatic heterocycles. The van der Waals surface area contributed by atoms with E-state index in [0.717, 1.165) is 12.8 Å². The molecule has 20 heavy (non-hydrogen) atoms. The maximum Gasteiger partial charge on any atom is 0.222 e. The van der Waals surface area contributed by atoms with Crippen molar-refractivity contribution in [3.05, 3.63) is 0 Å². The fourth-order valence-corrected chi connectivity index (χ4v) is 2.81. The van der Waals surface area contributed by atoms with E-state index >= 15 is 0 Å². The summed E-state index contributed by atoms with van der Waals surface area (Å²) in [6, 6.07) is 0. The lowest BCUT2D eigenvalue weighted by molar-refractivity contribution is -0.268. The summed E-state index contributed by atoms with van der Waals surface area (Å²) in [6.07, 6.45) is 1.92. The van der Waals surface area contributed by atoms with E-state index in [1.165, 1.54) is 0 Å². The Morgan fingerprint density at radius 1 is 1.25 bits per heavy atom. The number of hydrogen-bond acceptors (Lipinski definition) is 4. The summed E-state index contributed by atoms with van der Waals surface area (Å²) in [6.45, 7) is 12.8. The molecule has 0 radical (unpaired) electrons. The van der Waals surface area contributed by atoms with Crippen LogP contribution in [0.4, 0.5) is 0 Å². The normalized spacial score (nSPS) is 31.6. The lowest BCUT2D eigenvalue weighted by Crippen LogP contribution is -2.60. The van der Waals surface area contributed by atoms with E-state index in [2.05, 4.69) is 33.0 Å². The van der Waals surface area contributed by atoms with Gasteiger partial charge in [0.05, 0.1) is 19.3 Å². The van der Waals surface area contributed by atoms with Crippen LogP contribution in [0.15, 0.2) is 0 Å². The van der Waals surface area contributed by atoms with Crippen LogP contribution in [-0.2, 0) is 14.4 Å². The van der Waals surface area contributed by atoms with Gasteiger partial charge in [-0.2, -0.15) is 5.06 Å². The van der Waals surface area contributed by atoms with Crippen molar-refractivity contribution in [1.29, 1.82) is 0 Å². The standard InChI is InChI=1S/C15H30N2O3/c1-8-15(6)16-12(18)9-10-13(2,3)17(19-7)14(4,5)11-20-15/h8-11H2,1-7H3,(H,16,18). The second kappa shape index (κ2) is 6.00. The average molecular weight is 286 g/mol. The molecule has 1 aliphatic rings. The topological polar surface area (TPSA) is 50.8 Å². The van der Waals surface area contributed by atoms with E-state index in [1.54, 1.807) is 7.11 Å². The molecule has 1 atom stereocenters. The van der Waals surface area contributed by atoms with Crippen LogP contribution in [0.1, 0.15) is 60.8 Å². The molecule has 0 aromatic carbocycles. The first-order valence-corrected chi connectivity index (χ1v) is 7.36. The van der Waals surface area contributed by atoms with Crippen molar-refractivity contribution in [3.63, 3.8) is 0 Å². The molecule has 1 saturated heterocycles. The summed E-state index contributed by atoms with van der Waals surface area (Å²) in [7, 11) is 1.67. The van der Waals surface area contributed by atoms with E-state index in [4.69, 9.17) is 9.57 Å². The Morgan fingerprint density at radius 3 is 2.35 bits per heavy atom. The molecular formula is C15H30N2O3. The van der Waals surface area contributed by atoms with Crippen LogP contribution in [0.3, 0.4) is 0 Å². The van der Waals surface area contributed by atoms with E-state index in [9.17, 15) is 4.79 Å². The van der Waals surface area contributed by atoms with Crippen molar-refractivity contribution in [2.45, 2.75) is 77.6 Å². The number of amides is 1. The molecule has 0 aromatic heterocycles. The van der Waals surface area contributed by atoms with Crippen molar-refractivity contribution >= 4 is 5.91 Å². The van der Waals surface area contributed by atoms with Crippen LogP contribution in [-0.4, -0.2) is 41.5 Å². The van der Waals surface area contributed by atoms with Gasteiger partial charge in [0.2, 0.25) is 5.91 Å². The minimum absolute atomic E-state index is 0.0261. The molecule has 0 bridgehead atoms. The highest BCUT2D eigenvalue weighted by Gasteiger charge is 2.41. The van der Waals surface area contributed by atoms with Crippen LogP contribution in [0.2, 0.25) is 0 Å². The Kier molecular flexibility index (Phi) is 5.22. The van der Waals surface area contributed by atoms with Crippen LogP contribution in [0.25, 0.3) is 0 Å². The maximum atomic E-state index is 12.1. The summed E-state index contributed by atoms with van der Waals surface area (Å²) in [5.74, 6) is 0.0261. The molecule has 0 spiro atoms. The van der Waals surface area contributed by atoms with Crippen LogP contribution in [0, 0.1) is 0 Å². The van der Waals surface area contributed by atoms with Crippen molar-refractivity contribution in [3.8, 4) is 0 Å². The first-order chi connectivity index (χ1) is 9.06. The Labute approximate surface area is 122 Å². The second-order valence-electron chi connectivity index (χ2n) is 7.02. The van der Waals surface area contributed by atoms with Gasteiger partial charge in [-0.3, -0.25) is 4.79 Å². The summed E-state index contributed by atoms with van der Waals surface area (Å²) < 4.78 is 6.01. The molecule has 1 unspecified atom stereocenters. The number of carbonyl (C=O) groups excluding carboxylic acids is 1. The van der Waals surface area contributed by atoms with Crippen molar-refractivity contribution in [2.75, 3.05) is 13.7 Å². The number of hydrogen-bond donors (Lipinski definition) is 1. The summed E-state index contributed by atoms with van der Waals surface area (Å²) in [4.78, 5) is 17.7. The Balaban J connectivity index is 3.05. The third-order valence-electron chi connectivity index (χ3n) is 4.07. The first-order valence-electron chi connectivity index (χ1n) is 7.36. The predicted molar refractivity (Wildman–Crippen MR) is 79.0 cm³/mol. The van der Waals surface area contributed by atoms with E-state index in [1.807, 2.05) is 18.9 Å². The molecule has 5 nitrogen and oxygen atoms in total. The summed E-state index contributed by atoms with van der Waals surface area (Å²) in [5.41, 5.74) is -1.13. The number of rotatable bonds is 2. The monoisotopic (exact) mass is 286 g/mol. The predicted octanol–water partition coefficient (Wildman–Crippen LogP) is 2.46. The summed E-state index contributed by atoms with van der Waals surface area (Å²) in [5, 5.41) is 4.95. The lowest BCUT2D eigenvalue weighted by atomic mass is 9.91. The van der Waals surface area contributed by atoms with Gasteiger partial charge in [0, 0.05) is 12.0 Å². The molecule has 5 heteroatoms. The fourth-order valence-electron chi connectivity index (χ4n) is 2.81. The number of nitrogens with zero attached hydrogens (tertiary/aromatic N) is 1. The zero-order valence-corrected chi connectivity index (χ0v) is 14.0. The molecule has 0 aliphatic carbocycles. The molecule has 1 fully saturated rings. The van der Waals surface area contributed by atoms with Crippen molar-refractivity contribution in [1.82, 2.24) is 10.4 Å². The Hall–Kier alpha value is -0.650. The van der Waals surface area contributed by atoms with Gasteiger partial charge >= 0.3 is 0 Å². The number of carbonyl (C=O) groups is 1. The quantitative estimate of drug-likeness (QED) is 0.847. The van der Waals surface area contributed by atoms with Gasteiger partial charge < -0.3 is 14.9 Å². The first kappa shape index (κ1) is 17.4. The van der Waals surface area contributed by atoms with Gasteiger partial charge in [-0.25, -0.2) is 0 Å². The largest absolute Gasteiger partial charge is 0.354 e. The zero-order valence-electron chi connectivity index (χ0n) is 14.0. The molecule has 1 rings (SSSR count). The van der Waals surface area contributed by atoms with Gasteiger partial charge in [0.15, 0.2) is 0 Å². The highest BCUT2D eigenvalue weighted by Crippen LogP contribution is 2.31. The smallest absolute Gasteiger partial charge is 0.222 e. The van der Waals surface area contributed by atoms with Gasteiger partial charge in [0.25, 0.3) is 0 Å². The Bertz CT molecular complexity index is 355. The fraction of sp³-hybridized carbons (Fsp3) is 0.933. The van der Waals surface area contributed by atoms with Gasteiger partial charge in [-0.1, -0.05) is 6.92 Å². The van der Waals surface area contributed by atoms with Crippen LogP contribution in [0.5, 0.6) is 0 Å². The minimum atomic E-state index is -0.616. The molecule has 1 heterocycles. The third kappa shape index (κ3) is 3.93. The second-order valence-corrected chi connectivity index (χ2v) is 7.02. The van der Waals surface area contributed by atoms with E-state index in [0.29, 0.717) is 13.0 Å². The van der Waals surface area contributed by atoms with Gasteiger partial charge in [-0.05, 0) is 47.5 Å². The average Bonchev–Trinajstić information content (AvgIpc) is 2.34. The zero-order chi connectivity index (χ0) is 15.6. The lowest BCUT2D eigenvalue weighted by Gasteiger charge is -2.48. The molecule has 1 amide bonds. The Morgan fingerprint density at radius 2 is 1.85 bits per heavy atom. The number of ether oxygens (including phenoxy) is 1. The molecular weight excluding hydrogens is 256 g/mol. The highest BCUT2D eigenvalue weighted by molar-refractivity contribution is 5.76. The molecule has 0 saturated carbocycles. The SMILES string of the molecule is CCC1(C)NC(=O)CCC(C)(C)N(OC)C(C)(C)CO1. The number of hydroxylamine groups is 2. The number of nitrogens with one attached hydrogen (secondary N) is 1. The van der Waals surface area contributed by atoms with E-state index < -0.39 is 5.72 Å². The van der Waals surface area contributed by atoms with Gasteiger partial charge in [0.1, 0.15) is 5.72 Å². The minimum Gasteiger partial charge on any atom is -0.354 e. The van der Waals surface area contributed by atoms with Gasteiger partial charge in [-0.15, -0.1) is 0 Å². The maximum absolute atomic E-state index is 12.1. The third-order valence-corrected chi connectivity index (χ3v) is 4.07.